The number of rotatable bonds is 4. The van der Waals surface area contributed by atoms with Crippen LogP contribution >= 0.6 is 24.4 Å². The maximum atomic E-state index is 6.24. The van der Waals surface area contributed by atoms with Crippen LogP contribution in [0, 0.1) is 0 Å². The predicted molar refractivity (Wildman–Crippen MR) is 248 cm³/mol. The van der Waals surface area contributed by atoms with Gasteiger partial charge in [0.15, 0.2) is 10.2 Å². The number of thiocarbonyl (C=S) groups is 2. The molecule has 60 heavy (non-hydrogen) atoms. The first-order chi connectivity index (χ1) is 29.4. The van der Waals surface area contributed by atoms with Crippen LogP contribution in [0.1, 0.15) is 0 Å². The van der Waals surface area contributed by atoms with Crippen molar-refractivity contribution in [2.75, 3.05) is 151 Å². The second-order valence-corrected chi connectivity index (χ2v) is 14.3. The van der Waals surface area contributed by atoms with Gasteiger partial charge in [-0.3, -0.25) is 0 Å². The van der Waals surface area contributed by atoms with Crippen molar-refractivity contribution in [1.29, 1.82) is 0 Å². The third-order valence-corrected chi connectivity index (χ3v) is 9.33. The standard InChI is InChI=1S/C44H58N6O8S2/c1-49-17-19-51-21-23-53-24-22-52-20-18-50(2)40-16-14-38(48-44(60)46-36-11-7-4-8-12-36)34-42(40)58-32-30-56-28-26-54-25-27-55-29-31-57-41-33-37(13-15-39(41)49)47-43(59)45-35-9-5-3-6-10-35/h3-16,33-34H,17-32H2,1-2H3,(H2,45,47,59)(H2,46,48,60). The summed E-state index contributed by atoms with van der Waals surface area (Å²) in [6, 6.07) is 31.4. The Morgan fingerprint density at radius 2 is 0.717 bits per heavy atom. The molecular formula is C44H58N6O8S2. The van der Waals surface area contributed by atoms with E-state index in [1.807, 2.05) is 111 Å². The van der Waals surface area contributed by atoms with Gasteiger partial charge in [0.1, 0.15) is 24.7 Å². The highest BCUT2D eigenvalue weighted by Crippen LogP contribution is 2.32. The fraction of sp³-hybridized carbons (Fsp3) is 0.409. The number of hydrogen-bond acceptors (Lipinski definition) is 12. The van der Waals surface area contributed by atoms with E-state index in [-0.39, 0.29) is 0 Å². The van der Waals surface area contributed by atoms with Crippen LogP contribution in [-0.4, -0.2) is 130 Å². The quantitative estimate of drug-likeness (QED) is 0.162. The average Bonchev–Trinajstić information content (AvgIpc) is 3.24. The molecule has 14 nitrogen and oxygen atoms in total. The highest BCUT2D eigenvalue weighted by atomic mass is 32.1. The molecule has 16 heteroatoms. The molecule has 1 heterocycles. The van der Waals surface area contributed by atoms with Crippen LogP contribution in [0.15, 0.2) is 97.1 Å². The van der Waals surface area contributed by atoms with E-state index in [9.17, 15) is 0 Å². The van der Waals surface area contributed by atoms with Crippen molar-refractivity contribution in [3.05, 3.63) is 97.1 Å². The second kappa shape index (κ2) is 27.1. The van der Waals surface area contributed by atoms with Crippen molar-refractivity contribution < 1.29 is 37.9 Å². The SMILES string of the molecule is CN1CCOCCOCCOCCN(C)c2ccc(NC(=S)Nc3ccccc3)cc2OCCOCCOCCOCCOc2cc(NC(=S)Nc3ccccc3)ccc21. The van der Waals surface area contributed by atoms with Crippen molar-refractivity contribution in [2.24, 2.45) is 0 Å². The lowest BCUT2D eigenvalue weighted by Crippen LogP contribution is -2.25. The summed E-state index contributed by atoms with van der Waals surface area (Å²) in [6.45, 7) is 7.43. The maximum absolute atomic E-state index is 6.24. The van der Waals surface area contributed by atoms with Gasteiger partial charge < -0.3 is 69.0 Å². The minimum atomic E-state index is 0.353. The lowest BCUT2D eigenvalue weighted by molar-refractivity contribution is 0.00501. The zero-order chi connectivity index (χ0) is 42.0. The Balaban J connectivity index is 1.11. The largest absolute Gasteiger partial charge is 0.489 e. The smallest absolute Gasteiger partial charge is 0.175 e. The summed E-state index contributed by atoms with van der Waals surface area (Å²) in [5.41, 5.74) is 5.23. The first-order valence-electron chi connectivity index (χ1n) is 20.1. The Morgan fingerprint density at radius 3 is 1.08 bits per heavy atom. The molecule has 4 aromatic rings. The van der Waals surface area contributed by atoms with Crippen LogP contribution in [-0.2, 0) is 28.4 Å². The van der Waals surface area contributed by atoms with E-state index >= 15 is 0 Å². The molecule has 0 saturated carbocycles. The molecule has 0 aliphatic carbocycles. The van der Waals surface area contributed by atoms with E-state index in [0.717, 1.165) is 34.1 Å². The molecule has 0 amide bonds. The molecule has 1 aliphatic heterocycles. The molecule has 0 unspecified atom stereocenters. The highest BCUT2D eigenvalue weighted by Gasteiger charge is 2.14. The molecule has 0 bridgehead atoms. The van der Waals surface area contributed by atoms with Crippen LogP contribution in [0.3, 0.4) is 0 Å². The number of nitrogens with zero attached hydrogens (tertiary/aromatic N) is 2. The topological polar surface area (TPSA) is 128 Å². The summed E-state index contributed by atoms with van der Waals surface area (Å²) in [5.74, 6) is 1.39. The van der Waals surface area contributed by atoms with Gasteiger partial charge in [0.05, 0.1) is 90.7 Å². The lowest BCUT2D eigenvalue weighted by atomic mass is 10.2. The zero-order valence-electron chi connectivity index (χ0n) is 34.5. The van der Waals surface area contributed by atoms with Gasteiger partial charge in [-0.2, -0.15) is 0 Å². The molecule has 0 fully saturated rings. The van der Waals surface area contributed by atoms with Gasteiger partial charge in [0.2, 0.25) is 0 Å². The highest BCUT2D eigenvalue weighted by molar-refractivity contribution is 7.81. The molecular weight excluding hydrogens is 805 g/mol. The summed E-state index contributed by atoms with van der Waals surface area (Å²) < 4.78 is 47.4. The Morgan fingerprint density at radius 1 is 0.400 bits per heavy atom. The first kappa shape index (κ1) is 46.3. The van der Waals surface area contributed by atoms with E-state index < -0.39 is 0 Å². The summed E-state index contributed by atoms with van der Waals surface area (Å²) >= 11 is 11.1. The fourth-order valence-electron chi connectivity index (χ4n) is 5.82. The van der Waals surface area contributed by atoms with Crippen molar-refractivity contribution in [1.82, 2.24) is 0 Å². The van der Waals surface area contributed by atoms with Crippen molar-refractivity contribution in [2.45, 2.75) is 0 Å². The molecule has 5 rings (SSSR count). The Hall–Kier alpha value is -4.78. The number of likely N-dealkylation sites (N-methyl/N-ethyl adjacent to an activating group) is 2. The summed E-state index contributed by atoms with van der Waals surface area (Å²) in [7, 11) is 4.02. The molecule has 0 aromatic heterocycles. The molecule has 0 radical (unpaired) electrons. The van der Waals surface area contributed by atoms with Crippen LogP contribution in [0.5, 0.6) is 11.5 Å². The Bertz CT molecular complexity index is 1720. The van der Waals surface area contributed by atoms with Crippen molar-refractivity contribution in [3.63, 3.8) is 0 Å². The van der Waals surface area contributed by atoms with Gasteiger partial charge in [-0.15, -0.1) is 0 Å². The molecule has 0 atom stereocenters. The van der Waals surface area contributed by atoms with Gasteiger partial charge in [-0.1, -0.05) is 36.4 Å². The molecule has 0 saturated heterocycles. The van der Waals surface area contributed by atoms with Gasteiger partial charge in [-0.05, 0) is 73.0 Å². The van der Waals surface area contributed by atoms with Gasteiger partial charge in [0, 0.05) is 62.1 Å². The number of fused-ring (bicyclic) bond motifs is 2. The molecule has 4 aromatic carbocycles. The number of anilines is 6. The van der Waals surface area contributed by atoms with E-state index in [1.54, 1.807) is 0 Å². The van der Waals surface area contributed by atoms with Gasteiger partial charge >= 0.3 is 0 Å². The number of hydrogen-bond donors (Lipinski definition) is 4. The molecule has 324 valence electrons. The summed E-state index contributed by atoms with van der Waals surface area (Å²) in [6.07, 6.45) is 0. The monoisotopic (exact) mass is 862 g/mol. The Labute approximate surface area is 364 Å². The van der Waals surface area contributed by atoms with E-state index in [0.29, 0.717) is 127 Å². The summed E-state index contributed by atoms with van der Waals surface area (Å²) in [4.78, 5) is 4.20. The van der Waals surface area contributed by atoms with Crippen LogP contribution in [0.4, 0.5) is 34.1 Å². The minimum Gasteiger partial charge on any atom is -0.489 e. The summed E-state index contributed by atoms with van der Waals surface area (Å²) in [5, 5.41) is 13.9. The predicted octanol–water partition coefficient (Wildman–Crippen LogP) is 6.75. The number of para-hydroxylation sites is 2. The maximum Gasteiger partial charge on any atom is 0.175 e. The van der Waals surface area contributed by atoms with E-state index in [2.05, 4.69) is 31.1 Å². The van der Waals surface area contributed by atoms with Crippen LogP contribution in [0.2, 0.25) is 0 Å². The van der Waals surface area contributed by atoms with Crippen LogP contribution in [0.25, 0.3) is 0 Å². The first-order valence-corrected chi connectivity index (χ1v) is 20.9. The van der Waals surface area contributed by atoms with E-state index in [1.165, 1.54) is 0 Å². The van der Waals surface area contributed by atoms with Crippen LogP contribution < -0.4 is 40.5 Å². The van der Waals surface area contributed by atoms with Gasteiger partial charge in [-0.25, -0.2) is 0 Å². The number of ether oxygens (including phenoxy) is 8. The fourth-order valence-corrected chi connectivity index (χ4v) is 6.30. The Kier molecular flexibility index (Phi) is 20.9. The minimum absolute atomic E-state index is 0.353. The van der Waals surface area contributed by atoms with Gasteiger partial charge in [0.25, 0.3) is 0 Å². The van der Waals surface area contributed by atoms with Crippen molar-refractivity contribution >= 4 is 68.8 Å². The molecule has 4 N–H and O–H groups in total. The third kappa shape index (κ3) is 17.4. The zero-order valence-corrected chi connectivity index (χ0v) is 36.2. The molecule has 0 spiro atoms. The van der Waals surface area contributed by atoms with Crippen molar-refractivity contribution in [3.8, 4) is 11.5 Å². The number of nitrogens with one attached hydrogen (secondary N) is 4. The lowest BCUT2D eigenvalue weighted by Gasteiger charge is -2.23. The van der Waals surface area contributed by atoms with E-state index in [4.69, 9.17) is 62.3 Å². The second-order valence-electron chi connectivity index (χ2n) is 13.5. The normalized spacial score (nSPS) is 16.4. The number of benzene rings is 4. The average molecular weight is 863 g/mol. The molecule has 1 aliphatic rings. The third-order valence-electron chi connectivity index (χ3n) is 8.92.